The topological polar surface area (TPSA) is 36.2 Å². The number of hydrogen-bond acceptors (Lipinski definition) is 1. The molecule has 1 radical (unpaired) electrons. The first-order chi connectivity index (χ1) is 4.34. The van der Waals surface area contributed by atoms with E-state index in [-0.39, 0.29) is 0 Å². The van der Waals surface area contributed by atoms with Crippen LogP contribution in [-0.4, -0.2) is 22.9 Å². The molecule has 45 valence electrons. The van der Waals surface area contributed by atoms with Crippen molar-refractivity contribution in [3.05, 3.63) is 30.0 Å². The van der Waals surface area contributed by atoms with Crippen molar-refractivity contribution in [1.29, 1.82) is 0 Å². The SMILES string of the molecule is [NH-]c1ccccc1[N]=[Sb]. The monoisotopic (exact) mass is 226 g/mol. The fourth-order valence-corrected chi connectivity index (χ4v) is 1.06. The van der Waals surface area contributed by atoms with Gasteiger partial charge in [-0.2, -0.15) is 0 Å². The van der Waals surface area contributed by atoms with E-state index in [4.69, 9.17) is 5.73 Å². The van der Waals surface area contributed by atoms with Crippen LogP contribution in [0.25, 0.3) is 5.73 Å². The van der Waals surface area contributed by atoms with E-state index in [2.05, 4.69) is 3.09 Å². The molecular weight excluding hydrogens is 222 g/mol. The van der Waals surface area contributed by atoms with Gasteiger partial charge in [-0.15, -0.1) is 0 Å². The summed E-state index contributed by atoms with van der Waals surface area (Å²) < 4.78 is 3.93. The van der Waals surface area contributed by atoms with Gasteiger partial charge in [-0.1, -0.05) is 0 Å². The van der Waals surface area contributed by atoms with Crippen LogP contribution in [0.5, 0.6) is 0 Å². The van der Waals surface area contributed by atoms with Gasteiger partial charge in [-0.05, 0) is 0 Å². The fourth-order valence-electron chi connectivity index (χ4n) is 0.561. The summed E-state index contributed by atoms with van der Waals surface area (Å²) in [7, 11) is 0. The van der Waals surface area contributed by atoms with E-state index in [1.807, 2.05) is 18.2 Å². The van der Waals surface area contributed by atoms with E-state index in [0.29, 0.717) is 5.69 Å². The zero-order valence-electron chi connectivity index (χ0n) is 4.70. The first-order valence-corrected chi connectivity index (χ1v) is 3.64. The molecule has 3 heteroatoms. The third-order valence-electron chi connectivity index (χ3n) is 1.01. The van der Waals surface area contributed by atoms with E-state index in [1.165, 1.54) is 22.9 Å². The minimum atomic E-state index is 0.499. The van der Waals surface area contributed by atoms with E-state index in [9.17, 15) is 0 Å². The zero-order chi connectivity index (χ0) is 6.69. The molecule has 0 unspecified atom stereocenters. The van der Waals surface area contributed by atoms with Gasteiger partial charge in [0.2, 0.25) is 0 Å². The van der Waals surface area contributed by atoms with Gasteiger partial charge in [0.15, 0.2) is 0 Å². The van der Waals surface area contributed by atoms with Crippen molar-refractivity contribution in [1.82, 2.24) is 0 Å². The summed E-state index contributed by atoms with van der Waals surface area (Å²) in [4.78, 5) is 0. The van der Waals surface area contributed by atoms with Gasteiger partial charge in [0.1, 0.15) is 0 Å². The summed E-state index contributed by atoms with van der Waals surface area (Å²) >= 11 is 1.36. The Labute approximate surface area is 67.5 Å². The van der Waals surface area contributed by atoms with Crippen LogP contribution < -0.4 is 0 Å². The molecule has 0 aliphatic heterocycles. The second-order valence-electron chi connectivity index (χ2n) is 1.62. The Hall–Kier alpha value is -0.362. The normalized spacial score (nSPS) is 8.89. The molecule has 0 spiro atoms. The zero-order valence-corrected chi connectivity index (χ0v) is 7.26. The van der Waals surface area contributed by atoms with Crippen molar-refractivity contribution in [3.8, 4) is 0 Å². The number of nitrogens with one attached hydrogen (secondary N) is 1. The Morgan fingerprint density at radius 3 is 2.44 bits per heavy atom. The van der Waals surface area contributed by atoms with Gasteiger partial charge >= 0.3 is 67.3 Å². The molecule has 9 heavy (non-hydrogen) atoms. The molecule has 0 aliphatic carbocycles. The molecule has 0 heterocycles. The third-order valence-corrected chi connectivity index (χ3v) is 1.63. The summed E-state index contributed by atoms with van der Waals surface area (Å²) in [6, 6.07) is 7.29. The van der Waals surface area contributed by atoms with Crippen molar-refractivity contribution in [3.63, 3.8) is 0 Å². The molecule has 2 nitrogen and oxygen atoms in total. The first-order valence-electron chi connectivity index (χ1n) is 2.50. The van der Waals surface area contributed by atoms with Gasteiger partial charge in [0, 0.05) is 0 Å². The average Bonchev–Trinajstić information content (AvgIpc) is 1.89. The molecule has 1 N–H and O–H groups in total. The van der Waals surface area contributed by atoms with E-state index < -0.39 is 0 Å². The van der Waals surface area contributed by atoms with Crippen molar-refractivity contribution >= 4 is 34.2 Å². The summed E-state index contributed by atoms with van der Waals surface area (Å²) in [5.41, 5.74) is 8.55. The molecule has 0 amide bonds. The van der Waals surface area contributed by atoms with Gasteiger partial charge in [-0.3, -0.25) is 0 Å². The molecule has 0 saturated carbocycles. The van der Waals surface area contributed by atoms with Crippen LogP contribution in [0.1, 0.15) is 0 Å². The average molecular weight is 227 g/mol. The van der Waals surface area contributed by atoms with Crippen LogP contribution in [0.15, 0.2) is 27.4 Å². The van der Waals surface area contributed by atoms with Gasteiger partial charge in [0.05, 0.1) is 0 Å². The van der Waals surface area contributed by atoms with Crippen LogP contribution in [-0.2, 0) is 0 Å². The summed E-state index contributed by atoms with van der Waals surface area (Å²) in [6.07, 6.45) is 0. The summed E-state index contributed by atoms with van der Waals surface area (Å²) in [5, 5.41) is 0. The molecule has 0 bridgehead atoms. The van der Waals surface area contributed by atoms with Gasteiger partial charge in [0.25, 0.3) is 0 Å². The standard InChI is InChI=1S/C6H5N2.Sb/c7-5-3-1-2-4-6(5)8;/h1-4,7H;/q-1;. The second kappa shape index (κ2) is 2.97. The quantitative estimate of drug-likeness (QED) is 0.660. The van der Waals surface area contributed by atoms with Crippen LogP contribution in [0, 0.1) is 0 Å². The van der Waals surface area contributed by atoms with Crippen LogP contribution in [0.3, 0.4) is 0 Å². The summed E-state index contributed by atoms with van der Waals surface area (Å²) in [5.74, 6) is 0. The minimum absolute atomic E-state index is 0.499. The fraction of sp³-hybridized carbons (Fsp3) is 0. The number of nitrogens with zero attached hydrogens (tertiary/aromatic N) is 1. The van der Waals surface area contributed by atoms with Crippen LogP contribution in [0.2, 0.25) is 0 Å². The number of rotatable bonds is 1. The van der Waals surface area contributed by atoms with Crippen molar-refractivity contribution < 1.29 is 0 Å². The molecule has 0 aromatic heterocycles. The van der Waals surface area contributed by atoms with Crippen molar-refractivity contribution in [2.45, 2.75) is 0 Å². The predicted octanol–water partition coefficient (Wildman–Crippen LogP) is 2.35. The molecule has 0 aliphatic rings. The van der Waals surface area contributed by atoms with Crippen LogP contribution in [0.4, 0.5) is 11.4 Å². The molecule has 0 atom stereocenters. The molecule has 0 fully saturated rings. The van der Waals surface area contributed by atoms with Gasteiger partial charge in [-0.25, -0.2) is 0 Å². The number of benzene rings is 1. The Morgan fingerprint density at radius 1 is 1.33 bits per heavy atom. The predicted molar refractivity (Wildman–Crippen MR) is 38.3 cm³/mol. The molecule has 1 aromatic rings. The van der Waals surface area contributed by atoms with E-state index in [0.717, 1.165) is 5.69 Å². The Kier molecular flexibility index (Phi) is 2.23. The summed E-state index contributed by atoms with van der Waals surface area (Å²) in [6.45, 7) is 0. The van der Waals surface area contributed by atoms with E-state index >= 15 is 0 Å². The third kappa shape index (κ3) is 1.52. The van der Waals surface area contributed by atoms with Crippen LogP contribution >= 0.6 is 0 Å². The first kappa shape index (κ1) is 6.75. The Morgan fingerprint density at radius 2 is 2.00 bits per heavy atom. The maximum atomic E-state index is 7.29. The maximum absolute atomic E-state index is 7.29. The Balaban J connectivity index is 3.15. The second-order valence-corrected chi connectivity index (χ2v) is 2.19. The number of hydrogen-bond donors (Lipinski definition) is 0. The van der Waals surface area contributed by atoms with E-state index in [1.54, 1.807) is 6.07 Å². The molecule has 1 aromatic carbocycles. The Bertz CT molecular complexity index is 222. The van der Waals surface area contributed by atoms with Crippen molar-refractivity contribution in [2.75, 3.05) is 0 Å². The molecular formula is C6H5N2Sb-. The van der Waals surface area contributed by atoms with Gasteiger partial charge < -0.3 is 0 Å². The molecule has 1 rings (SSSR count). The molecule has 0 saturated heterocycles. The van der Waals surface area contributed by atoms with Crippen molar-refractivity contribution in [2.24, 2.45) is 3.09 Å².